The lowest BCUT2D eigenvalue weighted by molar-refractivity contribution is -0.127. The molecule has 1 aliphatic heterocycles. The maximum Gasteiger partial charge on any atom is 0.137 e. The van der Waals surface area contributed by atoms with Crippen LogP contribution in [0.5, 0.6) is 0 Å². The number of hydrogen-bond acceptors (Lipinski definition) is 2. The number of hydrogen-bond donors (Lipinski definition) is 0. The van der Waals surface area contributed by atoms with Crippen LogP contribution in [0.15, 0.2) is 0 Å². The van der Waals surface area contributed by atoms with Gasteiger partial charge in [-0.25, -0.2) is 0 Å². The predicted octanol–water partition coefficient (Wildman–Crippen LogP) is 2.96. The zero-order valence-electron chi connectivity index (χ0n) is 10.7. The summed E-state index contributed by atoms with van der Waals surface area (Å²) in [4.78, 5) is 14.4. The molecule has 17 heavy (non-hydrogen) atoms. The van der Waals surface area contributed by atoms with Gasteiger partial charge in [0.15, 0.2) is 0 Å². The Morgan fingerprint density at radius 1 is 1.18 bits per heavy atom. The highest BCUT2D eigenvalue weighted by Gasteiger charge is 2.34. The van der Waals surface area contributed by atoms with Crippen molar-refractivity contribution in [3.05, 3.63) is 0 Å². The molecule has 1 aliphatic carbocycles. The lowest BCUT2D eigenvalue weighted by Gasteiger charge is -2.41. The summed E-state index contributed by atoms with van der Waals surface area (Å²) in [7, 11) is 0. The van der Waals surface area contributed by atoms with Gasteiger partial charge in [0.1, 0.15) is 5.78 Å². The maximum absolute atomic E-state index is 12.3. The number of likely N-dealkylation sites (tertiary alicyclic amines) is 1. The van der Waals surface area contributed by atoms with E-state index in [2.05, 4.69) is 4.90 Å². The van der Waals surface area contributed by atoms with Crippen molar-refractivity contribution in [1.29, 1.82) is 0 Å². The molecule has 0 radical (unpaired) electrons. The molecule has 0 aromatic carbocycles. The quantitative estimate of drug-likeness (QED) is 0.754. The number of Topliss-reactive ketones (excluding diaryl/α,β-unsaturated/α-hetero) is 1. The minimum atomic E-state index is -0.234. The second-order valence-corrected chi connectivity index (χ2v) is 5.46. The smallest absolute Gasteiger partial charge is 0.137 e. The number of rotatable bonds is 4. The van der Waals surface area contributed by atoms with E-state index in [-0.39, 0.29) is 12.6 Å². The van der Waals surface area contributed by atoms with Crippen LogP contribution in [0.4, 0.5) is 4.39 Å². The molecule has 2 rings (SSSR count). The van der Waals surface area contributed by atoms with Crippen LogP contribution in [0, 0.1) is 5.92 Å². The van der Waals surface area contributed by atoms with Crippen LogP contribution in [0.1, 0.15) is 51.4 Å². The summed E-state index contributed by atoms with van der Waals surface area (Å²) in [5.41, 5.74) is 0. The molecule has 3 heteroatoms. The Labute approximate surface area is 104 Å². The van der Waals surface area contributed by atoms with E-state index in [9.17, 15) is 9.18 Å². The van der Waals surface area contributed by atoms with Crippen molar-refractivity contribution in [3.63, 3.8) is 0 Å². The van der Waals surface area contributed by atoms with Gasteiger partial charge in [0, 0.05) is 24.9 Å². The molecule has 2 fully saturated rings. The molecule has 1 heterocycles. The molecule has 2 aliphatic rings. The number of nitrogens with zero attached hydrogens (tertiary/aromatic N) is 1. The molecule has 2 unspecified atom stereocenters. The van der Waals surface area contributed by atoms with Gasteiger partial charge in [-0.2, -0.15) is 0 Å². The van der Waals surface area contributed by atoms with E-state index < -0.39 is 0 Å². The van der Waals surface area contributed by atoms with Crippen LogP contribution in [-0.4, -0.2) is 36.5 Å². The fourth-order valence-electron chi connectivity index (χ4n) is 3.43. The van der Waals surface area contributed by atoms with E-state index in [0.29, 0.717) is 18.2 Å². The fourth-order valence-corrected chi connectivity index (χ4v) is 3.43. The first-order chi connectivity index (χ1) is 8.33. The highest BCUT2D eigenvalue weighted by atomic mass is 19.1. The lowest BCUT2D eigenvalue weighted by atomic mass is 9.79. The zero-order valence-corrected chi connectivity index (χ0v) is 10.7. The fraction of sp³-hybridized carbons (Fsp3) is 0.929. The molecule has 0 bridgehead atoms. The first-order valence-corrected chi connectivity index (χ1v) is 7.15. The van der Waals surface area contributed by atoms with Crippen LogP contribution in [0.2, 0.25) is 0 Å². The van der Waals surface area contributed by atoms with Crippen molar-refractivity contribution >= 4 is 5.78 Å². The van der Waals surface area contributed by atoms with E-state index in [1.807, 2.05) is 0 Å². The van der Waals surface area contributed by atoms with Crippen molar-refractivity contribution in [2.75, 3.05) is 19.8 Å². The van der Waals surface area contributed by atoms with E-state index in [0.717, 1.165) is 38.8 Å². The van der Waals surface area contributed by atoms with E-state index in [1.54, 1.807) is 0 Å². The summed E-state index contributed by atoms with van der Waals surface area (Å²) in [6.45, 7) is 1.67. The van der Waals surface area contributed by atoms with Gasteiger partial charge in [0.25, 0.3) is 0 Å². The van der Waals surface area contributed by atoms with Crippen LogP contribution in [0.25, 0.3) is 0 Å². The zero-order chi connectivity index (χ0) is 12.1. The molecule has 0 aromatic rings. The first kappa shape index (κ1) is 13.0. The largest absolute Gasteiger partial charge is 0.300 e. The Morgan fingerprint density at radius 3 is 2.76 bits per heavy atom. The second-order valence-electron chi connectivity index (χ2n) is 5.46. The van der Waals surface area contributed by atoms with Crippen molar-refractivity contribution in [2.24, 2.45) is 5.92 Å². The standard InChI is InChI=1S/C14H24FNO/c15-9-5-11-16-10-4-3-7-13(16)12-6-1-2-8-14(12)17/h12-13H,1-11H2. The minimum absolute atomic E-state index is 0.234. The molecule has 1 saturated carbocycles. The van der Waals surface area contributed by atoms with Gasteiger partial charge in [-0.15, -0.1) is 0 Å². The number of piperidine rings is 1. The lowest BCUT2D eigenvalue weighted by Crippen LogP contribution is -2.47. The van der Waals surface area contributed by atoms with Gasteiger partial charge >= 0.3 is 0 Å². The summed E-state index contributed by atoms with van der Waals surface area (Å²) in [5.74, 6) is 0.719. The third kappa shape index (κ3) is 3.27. The van der Waals surface area contributed by atoms with Gasteiger partial charge in [-0.3, -0.25) is 14.1 Å². The first-order valence-electron chi connectivity index (χ1n) is 7.15. The van der Waals surface area contributed by atoms with Crippen molar-refractivity contribution < 1.29 is 9.18 Å². The SMILES string of the molecule is O=C1CCCCC1C1CCCCN1CCCF. The van der Waals surface area contributed by atoms with E-state index >= 15 is 0 Å². The normalized spacial score (nSPS) is 31.7. The van der Waals surface area contributed by atoms with Gasteiger partial charge in [-0.05, 0) is 38.6 Å². The van der Waals surface area contributed by atoms with Crippen LogP contribution >= 0.6 is 0 Å². The summed E-state index contributed by atoms with van der Waals surface area (Å²) in [6.07, 6.45) is 8.33. The Bertz CT molecular complexity index is 257. The molecular formula is C14H24FNO. The number of halogens is 1. The van der Waals surface area contributed by atoms with Gasteiger partial charge < -0.3 is 0 Å². The third-order valence-electron chi connectivity index (χ3n) is 4.31. The van der Waals surface area contributed by atoms with E-state index in [4.69, 9.17) is 0 Å². The minimum Gasteiger partial charge on any atom is -0.300 e. The highest BCUT2D eigenvalue weighted by molar-refractivity contribution is 5.82. The average Bonchev–Trinajstić information content (AvgIpc) is 2.37. The molecule has 0 spiro atoms. The molecule has 2 nitrogen and oxygen atoms in total. The van der Waals surface area contributed by atoms with Crippen LogP contribution < -0.4 is 0 Å². The summed E-state index contributed by atoms with van der Waals surface area (Å²) in [5, 5.41) is 0. The Morgan fingerprint density at radius 2 is 2.00 bits per heavy atom. The number of carbonyl (C=O) groups is 1. The molecule has 0 N–H and O–H groups in total. The van der Waals surface area contributed by atoms with Crippen LogP contribution in [-0.2, 0) is 4.79 Å². The maximum atomic E-state index is 12.3. The molecule has 1 saturated heterocycles. The molecule has 0 aromatic heterocycles. The summed E-state index contributed by atoms with van der Waals surface area (Å²) in [6, 6.07) is 0.420. The van der Waals surface area contributed by atoms with Crippen molar-refractivity contribution in [2.45, 2.75) is 57.4 Å². The van der Waals surface area contributed by atoms with Gasteiger partial charge in [0.2, 0.25) is 0 Å². The number of alkyl halides is 1. The van der Waals surface area contributed by atoms with Crippen molar-refractivity contribution in [3.8, 4) is 0 Å². The molecular weight excluding hydrogens is 217 g/mol. The monoisotopic (exact) mass is 241 g/mol. The third-order valence-corrected chi connectivity index (χ3v) is 4.31. The Balaban J connectivity index is 1.96. The summed E-state index contributed by atoms with van der Waals surface area (Å²) >= 11 is 0. The Hall–Kier alpha value is -0.440. The Kier molecular flexibility index (Phi) is 4.96. The average molecular weight is 241 g/mol. The van der Waals surface area contributed by atoms with Crippen molar-refractivity contribution in [1.82, 2.24) is 4.90 Å². The number of ketones is 1. The number of carbonyl (C=O) groups excluding carboxylic acids is 1. The molecule has 0 amide bonds. The highest BCUT2D eigenvalue weighted by Crippen LogP contribution is 2.31. The second kappa shape index (κ2) is 6.48. The molecule has 2 atom stereocenters. The van der Waals surface area contributed by atoms with Crippen LogP contribution in [0.3, 0.4) is 0 Å². The molecule has 98 valence electrons. The summed E-state index contributed by atoms with van der Waals surface area (Å²) < 4.78 is 12.3. The van der Waals surface area contributed by atoms with Gasteiger partial charge in [-0.1, -0.05) is 12.8 Å². The topological polar surface area (TPSA) is 20.3 Å². The van der Waals surface area contributed by atoms with E-state index in [1.165, 1.54) is 19.3 Å². The van der Waals surface area contributed by atoms with Gasteiger partial charge in [0.05, 0.1) is 6.67 Å². The predicted molar refractivity (Wildman–Crippen MR) is 66.8 cm³/mol.